The van der Waals surface area contributed by atoms with E-state index >= 15 is 0 Å². The van der Waals surface area contributed by atoms with Crippen molar-refractivity contribution in [3.8, 4) is 17.8 Å². The second-order valence-electron chi connectivity index (χ2n) is 6.55. The molecule has 130 valence electrons. The lowest BCUT2D eigenvalue weighted by molar-refractivity contribution is 0.284. The van der Waals surface area contributed by atoms with E-state index in [0.29, 0.717) is 23.9 Å². The molecule has 0 bridgehead atoms. The standard InChI is InChI=1S/C21H20N4O/c1-2-17-11-16(3-6-19(17)18-4-5-18)14-26-21-8-10-24-25(21)20-12-15(13-22)7-9-23-20/h3,6-12,18H,2,4-5,14H2,1H3. The van der Waals surface area contributed by atoms with Crippen molar-refractivity contribution < 1.29 is 4.74 Å². The van der Waals surface area contributed by atoms with Crippen molar-refractivity contribution in [3.05, 3.63) is 71.0 Å². The third-order valence-corrected chi connectivity index (χ3v) is 4.69. The van der Waals surface area contributed by atoms with Gasteiger partial charge in [-0.1, -0.05) is 25.1 Å². The highest BCUT2D eigenvalue weighted by atomic mass is 16.5. The number of benzene rings is 1. The highest BCUT2D eigenvalue weighted by Gasteiger charge is 2.25. The van der Waals surface area contributed by atoms with Gasteiger partial charge in [0.25, 0.3) is 0 Å². The van der Waals surface area contributed by atoms with Gasteiger partial charge < -0.3 is 4.74 Å². The van der Waals surface area contributed by atoms with E-state index in [1.54, 1.807) is 35.3 Å². The zero-order valence-corrected chi connectivity index (χ0v) is 14.7. The summed E-state index contributed by atoms with van der Waals surface area (Å²) in [5.74, 6) is 1.94. The Morgan fingerprint density at radius 2 is 2.08 bits per heavy atom. The Kier molecular flexibility index (Phi) is 4.40. The molecule has 4 rings (SSSR count). The van der Waals surface area contributed by atoms with Gasteiger partial charge in [-0.2, -0.15) is 15.0 Å². The SMILES string of the molecule is CCc1cc(COc2ccnn2-c2cc(C#N)ccn2)ccc1C1CC1. The predicted molar refractivity (Wildman–Crippen MR) is 98.2 cm³/mol. The normalized spacial score (nSPS) is 13.4. The smallest absolute Gasteiger partial charge is 0.218 e. The zero-order chi connectivity index (χ0) is 17.9. The predicted octanol–water partition coefficient (Wildman–Crippen LogP) is 4.16. The van der Waals surface area contributed by atoms with E-state index in [9.17, 15) is 0 Å². The van der Waals surface area contributed by atoms with Gasteiger partial charge in [-0.3, -0.25) is 0 Å². The fraction of sp³-hybridized carbons (Fsp3) is 0.286. The van der Waals surface area contributed by atoms with Gasteiger partial charge in [0.15, 0.2) is 5.82 Å². The van der Waals surface area contributed by atoms with Crippen molar-refractivity contribution in [1.82, 2.24) is 14.8 Å². The molecule has 5 nitrogen and oxygen atoms in total. The zero-order valence-electron chi connectivity index (χ0n) is 14.7. The Bertz CT molecular complexity index is 966. The molecule has 1 saturated carbocycles. The molecular weight excluding hydrogens is 324 g/mol. The van der Waals surface area contributed by atoms with E-state index in [-0.39, 0.29) is 0 Å². The Balaban J connectivity index is 1.52. The molecule has 0 unspecified atom stereocenters. The molecule has 0 radical (unpaired) electrons. The van der Waals surface area contributed by atoms with Crippen LogP contribution >= 0.6 is 0 Å². The van der Waals surface area contributed by atoms with Gasteiger partial charge in [-0.05, 0) is 47.9 Å². The quantitative estimate of drug-likeness (QED) is 0.673. The van der Waals surface area contributed by atoms with Crippen LogP contribution in [-0.4, -0.2) is 14.8 Å². The molecule has 1 aliphatic carbocycles. The number of rotatable bonds is 6. The third kappa shape index (κ3) is 3.31. The lowest BCUT2D eigenvalue weighted by Crippen LogP contribution is -2.05. The van der Waals surface area contributed by atoms with Gasteiger partial charge in [0.2, 0.25) is 5.88 Å². The summed E-state index contributed by atoms with van der Waals surface area (Å²) in [5.41, 5.74) is 4.61. The molecule has 1 aliphatic rings. The molecule has 26 heavy (non-hydrogen) atoms. The fourth-order valence-electron chi connectivity index (χ4n) is 3.18. The number of hydrogen-bond acceptors (Lipinski definition) is 4. The fourth-order valence-corrected chi connectivity index (χ4v) is 3.18. The van der Waals surface area contributed by atoms with Crippen LogP contribution in [0.5, 0.6) is 5.88 Å². The van der Waals surface area contributed by atoms with Crippen LogP contribution < -0.4 is 4.74 Å². The molecule has 0 aliphatic heterocycles. The molecule has 1 fully saturated rings. The van der Waals surface area contributed by atoms with Gasteiger partial charge in [-0.25, -0.2) is 4.98 Å². The number of nitriles is 1. The third-order valence-electron chi connectivity index (χ3n) is 4.69. The van der Waals surface area contributed by atoms with Crippen LogP contribution in [-0.2, 0) is 13.0 Å². The van der Waals surface area contributed by atoms with Crippen LogP contribution in [0.1, 0.15) is 47.9 Å². The van der Waals surface area contributed by atoms with Crippen LogP contribution in [0.2, 0.25) is 0 Å². The Morgan fingerprint density at radius 3 is 2.85 bits per heavy atom. The summed E-state index contributed by atoms with van der Waals surface area (Å²) < 4.78 is 7.60. The Morgan fingerprint density at radius 1 is 1.19 bits per heavy atom. The molecule has 0 spiro atoms. The van der Waals surface area contributed by atoms with E-state index in [1.807, 2.05) is 0 Å². The molecule has 0 amide bonds. The molecule has 0 atom stereocenters. The minimum atomic E-state index is 0.474. The van der Waals surface area contributed by atoms with Crippen molar-refractivity contribution in [2.45, 2.75) is 38.7 Å². The van der Waals surface area contributed by atoms with E-state index in [2.05, 4.69) is 41.3 Å². The van der Waals surface area contributed by atoms with E-state index in [0.717, 1.165) is 17.9 Å². The molecule has 0 N–H and O–H groups in total. The first kappa shape index (κ1) is 16.3. The van der Waals surface area contributed by atoms with Crippen LogP contribution in [0.15, 0.2) is 48.8 Å². The van der Waals surface area contributed by atoms with Crippen molar-refractivity contribution in [3.63, 3.8) is 0 Å². The monoisotopic (exact) mass is 344 g/mol. The minimum absolute atomic E-state index is 0.474. The van der Waals surface area contributed by atoms with Gasteiger partial charge in [0, 0.05) is 18.3 Å². The highest BCUT2D eigenvalue weighted by Crippen LogP contribution is 2.42. The number of ether oxygens (including phenoxy) is 1. The lowest BCUT2D eigenvalue weighted by atomic mass is 9.99. The summed E-state index contributed by atoms with van der Waals surface area (Å²) in [5, 5.41) is 13.3. The number of pyridine rings is 1. The first-order valence-corrected chi connectivity index (χ1v) is 8.93. The van der Waals surface area contributed by atoms with Gasteiger partial charge in [0.05, 0.1) is 17.8 Å². The number of aromatic nitrogens is 3. The van der Waals surface area contributed by atoms with Crippen molar-refractivity contribution >= 4 is 0 Å². The molecule has 1 aromatic carbocycles. The summed E-state index contributed by atoms with van der Waals surface area (Å²) in [6.45, 7) is 2.68. The maximum Gasteiger partial charge on any atom is 0.218 e. The van der Waals surface area contributed by atoms with Crippen LogP contribution in [0.4, 0.5) is 0 Å². The molecule has 2 heterocycles. The van der Waals surface area contributed by atoms with Crippen molar-refractivity contribution in [2.24, 2.45) is 0 Å². The first-order chi connectivity index (χ1) is 12.8. The largest absolute Gasteiger partial charge is 0.473 e. The topological polar surface area (TPSA) is 63.7 Å². The summed E-state index contributed by atoms with van der Waals surface area (Å²) in [6.07, 6.45) is 6.95. The second-order valence-corrected chi connectivity index (χ2v) is 6.55. The average Bonchev–Trinajstić information content (AvgIpc) is 3.43. The van der Waals surface area contributed by atoms with E-state index in [1.165, 1.54) is 24.0 Å². The average molecular weight is 344 g/mol. The lowest BCUT2D eigenvalue weighted by Gasteiger charge is -2.12. The van der Waals surface area contributed by atoms with Crippen LogP contribution in [0.25, 0.3) is 5.82 Å². The number of hydrogen-bond donors (Lipinski definition) is 0. The van der Waals surface area contributed by atoms with Gasteiger partial charge >= 0.3 is 0 Å². The molecule has 2 aromatic heterocycles. The first-order valence-electron chi connectivity index (χ1n) is 8.93. The number of nitrogens with zero attached hydrogens (tertiary/aromatic N) is 4. The summed E-state index contributed by atoms with van der Waals surface area (Å²) in [4.78, 5) is 4.28. The Labute approximate surface area is 152 Å². The maximum atomic E-state index is 9.06. The van der Waals surface area contributed by atoms with Crippen LogP contribution in [0.3, 0.4) is 0 Å². The Hall–Kier alpha value is -3.13. The molecule has 5 heteroatoms. The van der Waals surface area contributed by atoms with Gasteiger partial charge in [-0.15, -0.1) is 0 Å². The highest BCUT2D eigenvalue weighted by molar-refractivity contribution is 5.38. The molecular formula is C21H20N4O. The minimum Gasteiger partial charge on any atom is -0.473 e. The van der Waals surface area contributed by atoms with Gasteiger partial charge in [0.1, 0.15) is 6.61 Å². The van der Waals surface area contributed by atoms with E-state index < -0.39 is 0 Å². The van der Waals surface area contributed by atoms with E-state index in [4.69, 9.17) is 10.00 Å². The summed E-state index contributed by atoms with van der Waals surface area (Å²) in [7, 11) is 0. The summed E-state index contributed by atoms with van der Waals surface area (Å²) in [6, 6.07) is 13.9. The maximum absolute atomic E-state index is 9.06. The van der Waals surface area contributed by atoms with Crippen molar-refractivity contribution in [2.75, 3.05) is 0 Å². The van der Waals surface area contributed by atoms with Crippen molar-refractivity contribution in [1.29, 1.82) is 5.26 Å². The van der Waals surface area contributed by atoms with Crippen LogP contribution in [0, 0.1) is 11.3 Å². The number of aryl methyl sites for hydroxylation is 1. The summed E-state index contributed by atoms with van der Waals surface area (Å²) >= 11 is 0. The molecule has 3 aromatic rings. The molecule has 0 saturated heterocycles. The second kappa shape index (κ2) is 7.01.